The van der Waals surface area contributed by atoms with E-state index >= 15 is 0 Å². The number of nitrogens with one attached hydrogen (secondary N) is 1. The Morgan fingerprint density at radius 3 is 2.78 bits per heavy atom. The lowest BCUT2D eigenvalue weighted by atomic mass is 9.57. The number of ether oxygens (including phenoxy) is 1. The van der Waals surface area contributed by atoms with Crippen LogP contribution in [0.4, 0.5) is 0 Å². The Morgan fingerprint density at radius 1 is 1.12 bits per heavy atom. The first-order valence-electron chi connectivity index (χ1n) is 11.6. The van der Waals surface area contributed by atoms with Gasteiger partial charge in [-0.1, -0.05) is 12.1 Å². The smallest absolute Gasteiger partial charge is 0.309 e. The van der Waals surface area contributed by atoms with Crippen molar-refractivity contribution in [2.45, 2.75) is 44.8 Å². The number of amides is 1. The third kappa shape index (κ3) is 3.94. The number of carbonyl (C=O) groups excluding carboxylic acids is 2. The molecule has 1 aliphatic heterocycles. The zero-order chi connectivity index (χ0) is 22.1. The van der Waals surface area contributed by atoms with Gasteiger partial charge in [0.15, 0.2) is 0 Å². The predicted octanol–water partition coefficient (Wildman–Crippen LogP) is 3.89. The van der Waals surface area contributed by atoms with Gasteiger partial charge in [0.2, 0.25) is 6.41 Å². The first-order valence-corrected chi connectivity index (χ1v) is 11.6. The number of pyridine rings is 2. The van der Waals surface area contributed by atoms with Crippen molar-refractivity contribution in [2.75, 3.05) is 0 Å². The second-order valence-electron chi connectivity index (χ2n) is 9.40. The van der Waals surface area contributed by atoms with E-state index in [1.807, 2.05) is 43.5 Å². The second-order valence-corrected chi connectivity index (χ2v) is 9.40. The molecular formula is C26H29N3O3. The first-order chi connectivity index (χ1) is 15.6. The minimum atomic E-state index is -0.0617. The third-order valence-electron chi connectivity index (χ3n) is 7.69. The molecule has 0 radical (unpaired) electrons. The Kier molecular flexibility index (Phi) is 5.77. The number of fused-ring (bicyclic) bond motifs is 2. The fraction of sp³-hybridized carbons (Fsp3) is 0.462. The van der Waals surface area contributed by atoms with Crippen LogP contribution in [-0.2, 0) is 14.3 Å². The maximum atomic E-state index is 12.6. The van der Waals surface area contributed by atoms with Crippen LogP contribution < -0.4 is 5.32 Å². The monoisotopic (exact) mass is 431 g/mol. The molecule has 1 N–H and O–H groups in total. The van der Waals surface area contributed by atoms with Crippen molar-refractivity contribution in [3.63, 3.8) is 0 Å². The molecule has 3 heterocycles. The summed E-state index contributed by atoms with van der Waals surface area (Å²) < 4.78 is 5.67. The standard InChI is InChI=1S/C26H29N3O3/c1-16-25-22(10-7-19-6-5-17(14-28-19)24-4-2-3-11-27-24)21-9-8-20(29-15-30)12-18(21)13-23(25)26(31)32-16/h2-7,10-11,14-16,18,20-23,25H,8-9,12-13H2,1H3,(H,29,30)/b10-7+/t16-,18+,20-,21-,22+,23-,25+/m1/s1. The summed E-state index contributed by atoms with van der Waals surface area (Å²) in [4.78, 5) is 32.5. The highest BCUT2D eigenvalue weighted by atomic mass is 16.6. The fourth-order valence-electron chi connectivity index (χ4n) is 6.26. The van der Waals surface area contributed by atoms with E-state index < -0.39 is 0 Å². The third-order valence-corrected chi connectivity index (χ3v) is 7.69. The van der Waals surface area contributed by atoms with Gasteiger partial charge in [-0.15, -0.1) is 0 Å². The maximum absolute atomic E-state index is 12.6. The molecule has 1 saturated heterocycles. The van der Waals surface area contributed by atoms with Crippen LogP contribution in [0.15, 0.2) is 48.8 Å². The van der Waals surface area contributed by atoms with E-state index in [9.17, 15) is 9.59 Å². The highest BCUT2D eigenvalue weighted by molar-refractivity contribution is 5.75. The van der Waals surface area contributed by atoms with Gasteiger partial charge in [-0.3, -0.25) is 19.6 Å². The number of esters is 1. The fourth-order valence-corrected chi connectivity index (χ4v) is 6.26. The zero-order valence-electron chi connectivity index (χ0n) is 18.3. The summed E-state index contributed by atoms with van der Waals surface area (Å²) in [5.41, 5.74) is 2.80. The van der Waals surface area contributed by atoms with Crippen molar-refractivity contribution in [1.29, 1.82) is 0 Å². The van der Waals surface area contributed by atoms with Crippen LogP contribution >= 0.6 is 0 Å². The van der Waals surface area contributed by atoms with Gasteiger partial charge < -0.3 is 10.1 Å². The van der Waals surface area contributed by atoms with Gasteiger partial charge in [-0.05, 0) is 80.7 Å². The minimum absolute atomic E-state index is 0.0460. The largest absolute Gasteiger partial charge is 0.462 e. The molecule has 32 heavy (non-hydrogen) atoms. The van der Waals surface area contributed by atoms with Crippen LogP contribution in [0.5, 0.6) is 0 Å². The van der Waals surface area contributed by atoms with Crippen molar-refractivity contribution in [1.82, 2.24) is 15.3 Å². The molecule has 3 fully saturated rings. The molecule has 2 aliphatic carbocycles. The minimum Gasteiger partial charge on any atom is -0.462 e. The van der Waals surface area contributed by atoms with E-state index in [1.165, 1.54) is 0 Å². The van der Waals surface area contributed by atoms with Crippen molar-refractivity contribution < 1.29 is 14.3 Å². The average molecular weight is 432 g/mol. The van der Waals surface area contributed by atoms with Crippen LogP contribution in [0.1, 0.15) is 38.3 Å². The summed E-state index contributed by atoms with van der Waals surface area (Å²) in [6.45, 7) is 2.03. The van der Waals surface area contributed by atoms with Gasteiger partial charge in [0.1, 0.15) is 6.10 Å². The Morgan fingerprint density at radius 2 is 2.03 bits per heavy atom. The first kappa shape index (κ1) is 20.9. The molecule has 2 saturated carbocycles. The van der Waals surface area contributed by atoms with Gasteiger partial charge in [-0.25, -0.2) is 0 Å². The molecule has 166 valence electrons. The molecule has 0 unspecified atom stereocenters. The van der Waals surface area contributed by atoms with E-state index in [0.717, 1.165) is 49.0 Å². The molecule has 0 spiro atoms. The molecule has 1 amide bonds. The van der Waals surface area contributed by atoms with E-state index in [-0.39, 0.29) is 35.9 Å². The van der Waals surface area contributed by atoms with E-state index in [0.29, 0.717) is 11.8 Å². The topological polar surface area (TPSA) is 81.2 Å². The Balaban J connectivity index is 1.38. The molecule has 2 aromatic rings. The number of hydrogen-bond donors (Lipinski definition) is 1. The number of aromatic nitrogens is 2. The number of carbonyl (C=O) groups is 2. The number of hydrogen-bond acceptors (Lipinski definition) is 5. The van der Waals surface area contributed by atoms with E-state index in [4.69, 9.17) is 4.74 Å². The van der Waals surface area contributed by atoms with Gasteiger partial charge >= 0.3 is 5.97 Å². The summed E-state index contributed by atoms with van der Waals surface area (Å²) in [6, 6.07) is 10.1. The Labute approximate surface area is 188 Å². The summed E-state index contributed by atoms with van der Waals surface area (Å²) in [6.07, 6.45) is 12.6. The molecule has 3 aliphatic rings. The lowest BCUT2D eigenvalue weighted by molar-refractivity contribution is -0.144. The number of nitrogens with zero attached hydrogens (tertiary/aromatic N) is 2. The normalized spacial score (nSPS) is 33.9. The van der Waals surface area contributed by atoms with E-state index in [1.54, 1.807) is 6.20 Å². The molecule has 0 aromatic carbocycles. The van der Waals surface area contributed by atoms with Crippen molar-refractivity contribution >= 4 is 18.5 Å². The van der Waals surface area contributed by atoms with Crippen LogP contribution in [-0.4, -0.2) is 34.5 Å². The van der Waals surface area contributed by atoms with E-state index in [2.05, 4.69) is 27.4 Å². The molecule has 6 nitrogen and oxygen atoms in total. The van der Waals surface area contributed by atoms with Gasteiger partial charge in [0.05, 0.1) is 17.3 Å². The van der Waals surface area contributed by atoms with Gasteiger partial charge in [0, 0.05) is 29.9 Å². The number of allylic oxidation sites excluding steroid dienone is 1. The summed E-state index contributed by atoms with van der Waals surface area (Å²) >= 11 is 0. The molecule has 2 aromatic heterocycles. The zero-order valence-corrected chi connectivity index (χ0v) is 18.3. The van der Waals surface area contributed by atoms with Crippen molar-refractivity contribution in [3.8, 4) is 11.3 Å². The SMILES string of the molecule is C[C@H]1OC(=O)[C@@H]2C[C@@H]3C[C@H](NC=O)CC[C@H]3[C@H](/C=C/c3ccc(-c4ccccn4)cn3)[C@H]12. The maximum Gasteiger partial charge on any atom is 0.309 e. The van der Waals surface area contributed by atoms with Crippen LogP contribution in [0.3, 0.4) is 0 Å². The molecule has 5 rings (SSSR count). The van der Waals surface area contributed by atoms with Crippen molar-refractivity contribution in [3.05, 3.63) is 54.5 Å². The van der Waals surface area contributed by atoms with Gasteiger partial charge in [0.25, 0.3) is 0 Å². The lowest BCUT2D eigenvalue weighted by Gasteiger charge is -2.47. The summed E-state index contributed by atoms with van der Waals surface area (Å²) in [5.74, 6) is 1.31. The lowest BCUT2D eigenvalue weighted by Crippen LogP contribution is -2.47. The second kappa shape index (κ2) is 8.85. The highest BCUT2D eigenvalue weighted by Crippen LogP contribution is 2.53. The number of cyclic esters (lactones) is 1. The highest BCUT2D eigenvalue weighted by Gasteiger charge is 2.54. The number of rotatable bonds is 5. The predicted molar refractivity (Wildman–Crippen MR) is 121 cm³/mol. The van der Waals surface area contributed by atoms with Crippen LogP contribution in [0, 0.1) is 29.6 Å². The van der Waals surface area contributed by atoms with Gasteiger partial charge in [-0.2, -0.15) is 0 Å². The Bertz CT molecular complexity index is 991. The summed E-state index contributed by atoms with van der Waals surface area (Å²) in [5, 5.41) is 2.96. The molecule has 6 heteroatoms. The quantitative estimate of drug-likeness (QED) is 0.574. The van der Waals surface area contributed by atoms with Crippen molar-refractivity contribution in [2.24, 2.45) is 29.6 Å². The molecule has 0 bridgehead atoms. The van der Waals surface area contributed by atoms with Crippen LogP contribution in [0.2, 0.25) is 0 Å². The summed E-state index contributed by atoms with van der Waals surface area (Å²) in [7, 11) is 0. The molecular weight excluding hydrogens is 402 g/mol. The average Bonchev–Trinajstić information content (AvgIpc) is 3.11. The Hall–Kier alpha value is -3.02. The molecule has 7 atom stereocenters. The van der Waals surface area contributed by atoms with Crippen LogP contribution in [0.25, 0.3) is 17.3 Å².